The Morgan fingerprint density at radius 3 is 2.33 bits per heavy atom. The molecule has 0 aliphatic rings. The van der Waals surface area contributed by atoms with E-state index in [1.54, 1.807) is 20.4 Å². The van der Waals surface area contributed by atoms with Crippen LogP contribution in [0.5, 0.6) is 11.5 Å². The standard InChI is InChI=1S/C13H22N2O2.C12H13N/c1-5-6-10(2)14-8-11-7-12(16-3)13(17-4)9-15-11;1-8-4-5-9(2)12-11(8)7-6-10(3)13-12/h7,9-10,14H,5-6,8H2,1-4H3;4-7H,1-3H3. The summed E-state index contributed by atoms with van der Waals surface area (Å²) < 4.78 is 10.4. The molecule has 5 heteroatoms. The van der Waals surface area contributed by atoms with Crippen molar-refractivity contribution in [1.82, 2.24) is 15.3 Å². The number of rotatable bonds is 7. The Kier molecular flexibility index (Phi) is 9.06. The monoisotopic (exact) mass is 409 g/mol. The van der Waals surface area contributed by atoms with E-state index in [2.05, 4.69) is 67.2 Å². The smallest absolute Gasteiger partial charge is 0.179 e. The van der Waals surface area contributed by atoms with Crippen molar-refractivity contribution < 1.29 is 9.47 Å². The molecule has 0 amide bonds. The van der Waals surface area contributed by atoms with E-state index in [0.717, 1.165) is 29.2 Å². The Balaban J connectivity index is 0.000000220. The maximum absolute atomic E-state index is 5.24. The number of pyridine rings is 2. The summed E-state index contributed by atoms with van der Waals surface area (Å²) in [6.07, 6.45) is 4.06. The van der Waals surface area contributed by atoms with E-state index in [9.17, 15) is 0 Å². The van der Waals surface area contributed by atoms with Gasteiger partial charge in [-0.2, -0.15) is 0 Å². The van der Waals surface area contributed by atoms with E-state index in [1.165, 1.54) is 29.4 Å². The average Bonchev–Trinajstić information content (AvgIpc) is 2.75. The third-order valence-corrected chi connectivity index (χ3v) is 5.10. The molecule has 2 heterocycles. The van der Waals surface area contributed by atoms with Crippen LogP contribution in [-0.2, 0) is 6.54 Å². The number of aromatic nitrogens is 2. The summed E-state index contributed by atoms with van der Waals surface area (Å²) in [5.74, 6) is 1.39. The van der Waals surface area contributed by atoms with Crippen molar-refractivity contribution in [3.8, 4) is 11.5 Å². The van der Waals surface area contributed by atoms with Gasteiger partial charge in [0.1, 0.15) is 0 Å². The molecule has 0 radical (unpaired) electrons. The van der Waals surface area contributed by atoms with Crippen LogP contribution in [-0.4, -0.2) is 30.2 Å². The Morgan fingerprint density at radius 1 is 0.967 bits per heavy atom. The summed E-state index contributed by atoms with van der Waals surface area (Å²) in [5, 5.41) is 4.70. The average molecular weight is 410 g/mol. The maximum Gasteiger partial charge on any atom is 0.179 e. The second-order valence-electron chi connectivity index (χ2n) is 7.65. The molecule has 3 rings (SSSR count). The van der Waals surface area contributed by atoms with E-state index in [0.29, 0.717) is 11.8 Å². The third kappa shape index (κ3) is 6.42. The lowest BCUT2D eigenvalue weighted by molar-refractivity contribution is 0.352. The summed E-state index contributed by atoms with van der Waals surface area (Å²) in [6, 6.07) is 10.9. The van der Waals surface area contributed by atoms with Crippen LogP contribution in [0.15, 0.2) is 36.5 Å². The highest BCUT2D eigenvalue weighted by Crippen LogP contribution is 2.25. The van der Waals surface area contributed by atoms with Gasteiger partial charge in [0, 0.05) is 29.7 Å². The van der Waals surface area contributed by atoms with Gasteiger partial charge in [0.05, 0.1) is 31.6 Å². The quantitative estimate of drug-likeness (QED) is 0.555. The fraction of sp³-hybridized carbons (Fsp3) is 0.440. The van der Waals surface area contributed by atoms with E-state index >= 15 is 0 Å². The molecule has 162 valence electrons. The Morgan fingerprint density at radius 2 is 1.67 bits per heavy atom. The van der Waals surface area contributed by atoms with Gasteiger partial charge in [0.2, 0.25) is 0 Å². The number of ether oxygens (including phenoxy) is 2. The van der Waals surface area contributed by atoms with Crippen LogP contribution in [0.25, 0.3) is 10.9 Å². The van der Waals surface area contributed by atoms with Crippen molar-refractivity contribution in [1.29, 1.82) is 0 Å². The van der Waals surface area contributed by atoms with E-state index in [4.69, 9.17) is 9.47 Å². The van der Waals surface area contributed by atoms with Gasteiger partial charge < -0.3 is 14.8 Å². The molecule has 2 aromatic heterocycles. The van der Waals surface area contributed by atoms with Crippen LogP contribution in [0.2, 0.25) is 0 Å². The second-order valence-corrected chi connectivity index (χ2v) is 7.65. The van der Waals surface area contributed by atoms with E-state index in [-0.39, 0.29) is 0 Å². The molecule has 5 nitrogen and oxygen atoms in total. The van der Waals surface area contributed by atoms with Gasteiger partial charge in [-0.25, -0.2) is 0 Å². The molecule has 0 bridgehead atoms. The summed E-state index contributed by atoms with van der Waals surface area (Å²) in [5.41, 5.74) is 5.74. The number of methoxy groups -OCH3 is 2. The molecule has 0 aliphatic carbocycles. The zero-order chi connectivity index (χ0) is 22.1. The minimum absolute atomic E-state index is 0.509. The van der Waals surface area contributed by atoms with Gasteiger partial charge in [-0.05, 0) is 51.3 Å². The van der Waals surface area contributed by atoms with Gasteiger partial charge in [0.25, 0.3) is 0 Å². The van der Waals surface area contributed by atoms with Gasteiger partial charge in [-0.1, -0.05) is 31.5 Å². The third-order valence-electron chi connectivity index (χ3n) is 5.10. The molecule has 0 saturated heterocycles. The van der Waals surface area contributed by atoms with Crippen LogP contribution in [0.4, 0.5) is 0 Å². The van der Waals surface area contributed by atoms with Gasteiger partial charge >= 0.3 is 0 Å². The molecule has 0 fully saturated rings. The number of aryl methyl sites for hydroxylation is 3. The van der Waals surface area contributed by atoms with E-state index in [1.807, 2.05) is 13.0 Å². The van der Waals surface area contributed by atoms with Crippen LogP contribution in [0.1, 0.15) is 49.2 Å². The first-order valence-corrected chi connectivity index (χ1v) is 10.5. The van der Waals surface area contributed by atoms with Crippen molar-refractivity contribution >= 4 is 10.9 Å². The molecule has 0 spiro atoms. The summed E-state index contributed by atoms with van der Waals surface area (Å²) >= 11 is 0. The van der Waals surface area contributed by atoms with Crippen LogP contribution in [0.3, 0.4) is 0 Å². The summed E-state index contributed by atoms with van der Waals surface area (Å²) in [7, 11) is 3.25. The Hall–Kier alpha value is -2.66. The number of hydrogen-bond acceptors (Lipinski definition) is 5. The SMILES string of the molecule is CCCC(C)NCc1cc(OC)c(OC)cn1.Cc1ccc2c(C)ccc(C)c2n1. The minimum Gasteiger partial charge on any atom is -0.493 e. The first-order valence-electron chi connectivity index (χ1n) is 10.5. The fourth-order valence-electron chi connectivity index (χ4n) is 3.28. The number of nitrogens with one attached hydrogen (secondary N) is 1. The topological polar surface area (TPSA) is 56.3 Å². The maximum atomic E-state index is 5.24. The first kappa shape index (κ1) is 23.6. The molecular formula is C25H35N3O2. The highest BCUT2D eigenvalue weighted by atomic mass is 16.5. The Labute approximate surface area is 180 Å². The largest absolute Gasteiger partial charge is 0.493 e. The van der Waals surface area contributed by atoms with Gasteiger partial charge in [0.15, 0.2) is 11.5 Å². The first-order chi connectivity index (χ1) is 14.4. The van der Waals surface area contributed by atoms with Crippen molar-refractivity contribution in [2.24, 2.45) is 0 Å². The lowest BCUT2D eigenvalue weighted by Gasteiger charge is -2.13. The molecule has 0 aliphatic heterocycles. The summed E-state index contributed by atoms with van der Waals surface area (Å²) in [4.78, 5) is 8.86. The van der Waals surface area contributed by atoms with Crippen molar-refractivity contribution in [3.63, 3.8) is 0 Å². The normalized spacial score (nSPS) is 11.6. The number of benzene rings is 1. The lowest BCUT2D eigenvalue weighted by atomic mass is 10.1. The predicted octanol–water partition coefficient (Wildman–Crippen LogP) is 5.54. The molecular weight excluding hydrogens is 374 g/mol. The van der Waals surface area contributed by atoms with Crippen molar-refractivity contribution in [2.75, 3.05) is 14.2 Å². The molecule has 0 saturated carbocycles. The molecule has 1 aromatic carbocycles. The lowest BCUT2D eigenvalue weighted by Crippen LogP contribution is -2.25. The van der Waals surface area contributed by atoms with Crippen molar-refractivity contribution in [2.45, 2.75) is 60.0 Å². The van der Waals surface area contributed by atoms with Gasteiger partial charge in [-0.15, -0.1) is 0 Å². The summed E-state index contributed by atoms with van der Waals surface area (Å²) in [6.45, 7) is 11.4. The highest BCUT2D eigenvalue weighted by Gasteiger charge is 2.07. The number of nitrogens with zero attached hydrogens (tertiary/aromatic N) is 2. The Bertz CT molecular complexity index is 957. The zero-order valence-electron chi connectivity index (χ0n) is 19.4. The molecule has 30 heavy (non-hydrogen) atoms. The molecule has 1 N–H and O–H groups in total. The number of fused-ring (bicyclic) bond motifs is 1. The molecule has 1 atom stereocenters. The zero-order valence-corrected chi connectivity index (χ0v) is 19.4. The van der Waals surface area contributed by atoms with E-state index < -0.39 is 0 Å². The minimum atomic E-state index is 0.509. The second kappa shape index (κ2) is 11.5. The van der Waals surface area contributed by atoms with Crippen molar-refractivity contribution in [3.05, 3.63) is 59.0 Å². The molecule has 1 unspecified atom stereocenters. The molecule has 3 aromatic rings. The number of hydrogen-bond donors (Lipinski definition) is 1. The van der Waals surface area contributed by atoms with Crippen LogP contribution in [0, 0.1) is 20.8 Å². The van der Waals surface area contributed by atoms with Crippen LogP contribution < -0.4 is 14.8 Å². The fourth-order valence-corrected chi connectivity index (χ4v) is 3.28. The highest BCUT2D eigenvalue weighted by molar-refractivity contribution is 5.84. The van der Waals surface area contributed by atoms with Crippen LogP contribution >= 0.6 is 0 Å². The van der Waals surface area contributed by atoms with Gasteiger partial charge in [-0.3, -0.25) is 9.97 Å². The predicted molar refractivity (Wildman–Crippen MR) is 125 cm³/mol.